The van der Waals surface area contributed by atoms with Crippen molar-refractivity contribution in [3.63, 3.8) is 0 Å². The third kappa shape index (κ3) is 3.05. The molecule has 1 spiro atoms. The maximum atomic E-state index is 13.5. The van der Waals surface area contributed by atoms with Crippen LogP contribution in [0.15, 0.2) is 48.5 Å². The number of hydrogen-bond donors (Lipinski definition) is 6. The first-order valence-electron chi connectivity index (χ1n) is 14.5. The second-order valence-corrected chi connectivity index (χ2v) is 12.7. The summed E-state index contributed by atoms with van der Waals surface area (Å²) in [7, 11) is 0. The molecular formula is C32H22N2O13. The maximum Gasteiger partial charge on any atom is 0.340 e. The van der Waals surface area contributed by atoms with Crippen molar-refractivity contribution < 1.29 is 64.1 Å². The maximum absolute atomic E-state index is 13.5. The molecule has 9 rings (SSSR count). The minimum Gasteiger partial charge on any atom is -0.508 e. The molecule has 6 N–H and O–H groups in total. The van der Waals surface area contributed by atoms with E-state index in [1.165, 1.54) is 34.1 Å². The molecule has 3 aromatic rings. The average Bonchev–Trinajstić information content (AvgIpc) is 3.91. The zero-order chi connectivity index (χ0) is 33.1. The highest BCUT2D eigenvalue weighted by atomic mass is 16.6. The summed E-state index contributed by atoms with van der Waals surface area (Å²) in [5.41, 5.74) is -3.49. The van der Waals surface area contributed by atoms with E-state index >= 15 is 0 Å². The summed E-state index contributed by atoms with van der Waals surface area (Å²) in [6.45, 7) is 0. The van der Waals surface area contributed by atoms with Crippen molar-refractivity contribution in [1.29, 1.82) is 0 Å². The van der Waals surface area contributed by atoms with Gasteiger partial charge in [-0.15, -0.1) is 0 Å². The Kier molecular flexibility index (Phi) is 4.81. The van der Waals surface area contributed by atoms with Crippen LogP contribution in [-0.4, -0.2) is 106 Å². The van der Waals surface area contributed by atoms with Gasteiger partial charge in [0.15, 0.2) is 5.60 Å². The normalized spacial score (nSPS) is 35.2. The number of ether oxygens (including phenoxy) is 2. The molecule has 15 nitrogen and oxygen atoms in total. The molecule has 6 aliphatic rings. The van der Waals surface area contributed by atoms with Crippen LogP contribution in [0.25, 0.3) is 0 Å². The summed E-state index contributed by atoms with van der Waals surface area (Å²) >= 11 is 0. The van der Waals surface area contributed by atoms with Gasteiger partial charge >= 0.3 is 29.8 Å². The first-order chi connectivity index (χ1) is 22.3. The summed E-state index contributed by atoms with van der Waals surface area (Å²) < 4.78 is 12.4. The number of phenolic OH excluding ortho intramolecular Hbond substituents is 2. The van der Waals surface area contributed by atoms with Gasteiger partial charge in [-0.25, -0.2) is 4.79 Å². The van der Waals surface area contributed by atoms with E-state index in [9.17, 15) is 54.6 Å². The van der Waals surface area contributed by atoms with Crippen molar-refractivity contribution >= 4 is 29.8 Å². The van der Waals surface area contributed by atoms with Gasteiger partial charge in [0.1, 0.15) is 47.2 Å². The molecular weight excluding hydrogens is 620 g/mol. The number of aliphatic carboxylic acids is 4. The van der Waals surface area contributed by atoms with Gasteiger partial charge in [-0.3, -0.25) is 29.0 Å². The number of fused-ring (bicyclic) bond motifs is 8. The van der Waals surface area contributed by atoms with Crippen LogP contribution >= 0.6 is 0 Å². The van der Waals surface area contributed by atoms with Gasteiger partial charge in [0.05, 0.1) is 22.2 Å². The lowest BCUT2D eigenvalue weighted by atomic mass is 9.72. The van der Waals surface area contributed by atoms with Gasteiger partial charge in [0, 0.05) is 23.3 Å². The van der Waals surface area contributed by atoms with Crippen LogP contribution in [-0.2, 0) is 42.4 Å². The van der Waals surface area contributed by atoms with Crippen LogP contribution in [0.3, 0.4) is 0 Å². The van der Waals surface area contributed by atoms with Gasteiger partial charge < -0.3 is 40.1 Å². The van der Waals surface area contributed by atoms with E-state index in [0.717, 1.165) is 0 Å². The highest BCUT2D eigenvalue weighted by molar-refractivity contribution is 5.98. The monoisotopic (exact) mass is 642 g/mol. The lowest BCUT2D eigenvalue weighted by Gasteiger charge is -2.39. The molecule has 6 aliphatic heterocycles. The van der Waals surface area contributed by atoms with E-state index in [2.05, 4.69) is 0 Å². The van der Waals surface area contributed by atoms with Crippen LogP contribution in [0.5, 0.6) is 23.0 Å². The summed E-state index contributed by atoms with van der Waals surface area (Å²) in [5, 5.41) is 61.4. The fourth-order valence-corrected chi connectivity index (χ4v) is 8.72. The third-order valence-corrected chi connectivity index (χ3v) is 10.7. The number of carbonyl (C=O) groups excluding carboxylic acids is 1. The molecule has 0 amide bonds. The highest BCUT2D eigenvalue weighted by Gasteiger charge is 2.92. The number of carboxylic acid groups (broad SMARTS) is 4. The Bertz CT molecular complexity index is 2050. The van der Waals surface area contributed by atoms with Crippen LogP contribution in [0.1, 0.15) is 38.2 Å². The van der Waals surface area contributed by atoms with Crippen molar-refractivity contribution in [2.75, 3.05) is 0 Å². The molecule has 4 fully saturated rings. The molecule has 6 heterocycles. The highest BCUT2D eigenvalue weighted by Crippen LogP contribution is 2.69. The van der Waals surface area contributed by atoms with Crippen LogP contribution in [0, 0.1) is 0 Å². The number of carboxylic acids is 4. The standard InChI is InChI=1S/C32H22N2O13/c35-11-5-6-16-18(7-11)46-19-8-17(36)13(9-30-21(25(37)38)33(30)22(30)26(39)40)14(10-31-23(27(41)42)34(31)24(31)28(43)44)20(19)32(16)15-4-2-1-3-12(15)29(45)47-32/h1-8,21-24,35-36H,9-10H2,(H,37,38)(H,39,40)(H,41,42)(H,43,44). The van der Waals surface area contributed by atoms with Crippen molar-refractivity contribution in [2.45, 2.75) is 53.7 Å². The van der Waals surface area contributed by atoms with E-state index in [0.29, 0.717) is 5.56 Å². The fourth-order valence-electron chi connectivity index (χ4n) is 8.72. The number of benzene rings is 3. The Balaban J connectivity index is 1.32. The quantitative estimate of drug-likeness (QED) is 0.147. The molecule has 0 bridgehead atoms. The van der Waals surface area contributed by atoms with Gasteiger partial charge in [0.2, 0.25) is 0 Å². The van der Waals surface area contributed by atoms with Gasteiger partial charge in [-0.1, -0.05) is 18.2 Å². The van der Waals surface area contributed by atoms with E-state index < -0.39 is 76.4 Å². The average molecular weight is 643 g/mol. The number of rotatable bonds is 8. The number of aromatic hydroxyl groups is 2. The fraction of sp³-hybridized carbons (Fsp3) is 0.281. The molecule has 5 unspecified atom stereocenters. The Morgan fingerprint density at radius 1 is 0.702 bits per heavy atom. The van der Waals surface area contributed by atoms with Gasteiger partial charge in [-0.2, -0.15) is 0 Å². The lowest BCUT2D eigenvalue weighted by molar-refractivity contribution is -0.144. The summed E-state index contributed by atoms with van der Waals surface area (Å²) in [5.74, 6) is -6.38. The Hall–Kier alpha value is -5.67. The van der Waals surface area contributed by atoms with E-state index in [1.807, 2.05) is 0 Å². The first kappa shape index (κ1) is 27.6. The SMILES string of the molecule is O=C1OC2(c3ccc(O)cc3Oc3cc(O)c(CC45C(C(=O)O)N4C5C(=O)O)c(CC45C(C(=O)O)N4C5C(=O)O)c32)c2ccccc21. The van der Waals surface area contributed by atoms with Crippen LogP contribution < -0.4 is 4.74 Å². The van der Waals surface area contributed by atoms with Crippen LogP contribution in [0.2, 0.25) is 0 Å². The zero-order valence-electron chi connectivity index (χ0n) is 23.8. The van der Waals surface area contributed by atoms with Crippen LogP contribution in [0.4, 0.5) is 0 Å². The van der Waals surface area contributed by atoms with Crippen molar-refractivity contribution in [2.24, 2.45) is 0 Å². The summed E-state index contributed by atoms with van der Waals surface area (Å²) in [6, 6.07) is 7.14. The van der Waals surface area contributed by atoms with Crippen molar-refractivity contribution in [3.05, 3.63) is 81.9 Å². The molecule has 5 atom stereocenters. The van der Waals surface area contributed by atoms with E-state index in [4.69, 9.17) is 9.47 Å². The lowest BCUT2D eigenvalue weighted by Crippen LogP contribution is -2.40. The van der Waals surface area contributed by atoms with E-state index in [-0.39, 0.29) is 57.9 Å². The molecule has 238 valence electrons. The van der Waals surface area contributed by atoms with Crippen molar-refractivity contribution in [1.82, 2.24) is 9.80 Å². The smallest absolute Gasteiger partial charge is 0.340 e. The molecule has 0 aromatic heterocycles. The summed E-state index contributed by atoms with van der Waals surface area (Å²) in [4.78, 5) is 64.6. The second-order valence-electron chi connectivity index (χ2n) is 12.7. The Morgan fingerprint density at radius 2 is 1.26 bits per heavy atom. The number of nitrogens with zero attached hydrogens (tertiary/aromatic N) is 2. The molecule has 0 saturated carbocycles. The number of esters is 1. The number of hydrogen-bond acceptors (Lipinski definition) is 11. The van der Waals surface area contributed by atoms with E-state index in [1.54, 1.807) is 24.3 Å². The van der Waals surface area contributed by atoms with Gasteiger partial charge in [0.25, 0.3) is 0 Å². The van der Waals surface area contributed by atoms with Crippen molar-refractivity contribution in [3.8, 4) is 23.0 Å². The Morgan fingerprint density at radius 3 is 1.83 bits per heavy atom. The minimum atomic E-state index is -1.80. The first-order valence-corrected chi connectivity index (χ1v) is 14.5. The molecule has 3 aromatic carbocycles. The summed E-state index contributed by atoms with van der Waals surface area (Å²) in [6.07, 6.45) is -0.619. The second kappa shape index (κ2) is 8.18. The molecule has 15 heteroatoms. The predicted molar refractivity (Wildman–Crippen MR) is 150 cm³/mol. The molecule has 0 radical (unpaired) electrons. The third-order valence-electron chi connectivity index (χ3n) is 10.7. The minimum absolute atomic E-state index is 0.0441. The zero-order valence-corrected chi connectivity index (χ0v) is 23.8. The number of carbonyl (C=O) groups is 5. The predicted octanol–water partition coefficient (Wildman–Crippen LogP) is 0.700. The molecule has 4 saturated heterocycles. The topological polar surface area (TPSA) is 231 Å². The Labute approximate surface area is 262 Å². The van der Waals surface area contributed by atoms with Gasteiger partial charge in [-0.05, 0) is 42.2 Å². The number of phenols is 2. The molecule has 47 heavy (non-hydrogen) atoms. The largest absolute Gasteiger partial charge is 0.508 e. The molecule has 0 aliphatic carbocycles.